The van der Waals surface area contributed by atoms with Crippen LogP contribution in [-0.2, 0) is 23.6 Å². The lowest BCUT2D eigenvalue weighted by Crippen LogP contribution is -2.24. The third kappa shape index (κ3) is 3.27. The maximum atomic E-state index is 13.0. The topological polar surface area (TPSA) is 90.0 Å². The standard InChI is InChI=1S/C20H24N4O3S/c1-13-17(20-23-22-19(27-20)16-10-7-11-16)24(3)14(2)18(13)28(25,26)21-12-15-8-5-4-6-9-15/h4-6,8-9,16,21H,7,10-12H2,1-3H3. The minimum absolute atomic E-state index is 0.235. The summed E-state index contributed by atoms with van der Waals surface area (Å²) in [5.41, 5.74) is 2.80. The van der Waals surface area contributed by atoms with Crippen LogP contribution in [0.15, 0.2) is 39.6 Å². The van der Waals surface area contributed by atoms with Crippen molar-refractivity contribution in [3.8, 4) is 11.6 Å². The summed E-state index contributed by atoms with van der Waals surface area (Å²) in [7, 11) is -1.87. The fourth-order valence-electron chi connectivity index (χ4n) is 3.65. The molecular weight excluding hydrogens is 376 g/mol. The highest BCUT2D eigenvalue weighted by Crippen LogP contribution is 2.38. The second kappa shape index (κ2) is 7.18. The number of sulfonamides is 1. The number of aromatic nitrogens is 3. The van der Waals surface area contributed by atoms with E-state index in [1.165, 1.54) is 6.42 Å². The molecule has 2 aromatic heterocycles. The first-order valence-corrected chi connectivity index (χ1v) is 10.9. The number of rotatable bonds is 6. The first kappa shape index (κ1) is 18.9. The zero-order valence-electron chi connectivity index (χ0n) is 16.3. The van der Waals surface area contributed by atoms with Crippen LogP contribution < -0.4 is 4.72 Å². The van der Waals surface area contributed by atoms with Crippen molar-refractivity contribution in [2.75, 3.05) is 0 Å². The Morgan fingerprint density at radius 2 is 1.89 bits per heavy atom. The van der Waals surface area contributed by atoms with Gasteiger partial charge < -0.3 is 8.98 Å². The maximum absolute atomic E-state index is 13.0. The fraction of sp³-hybridized carbons (Fsp3) is 0.400. The van der Waals surface area contributed by atoms with Gasteiger partial charge in [-0.2, -0.15) is 0 Å². The normalized spacial score (nSPS) is 15.0. The van der Waals surface area contributed by atoms with Crippen molar-refractivity contribution in [2.45, 2.75) is 50.5 Å². The lowest BCUT2D eigenvalue weighted by Gasteiger charge is -2.20. The Morgan fingerprint density at radius 3 is 2.54 bits per heavy atom. The molecule has 1 aliphatic carbocycles. The number of nitrogens with one attached hydrogen (secondary N) is 1. The van der Waals surface area contributed by atoms with E-state index >= 15 is 0 Å². The van der Waals surface area contributed by atoms with Gasteiger partial charge in [-0.25, -0.2) is 13.1 Å². The Hall–Kier alpha value is -2.45. The van der Waals surface area contributed by atoms with Crippen LogP contribution in [0, 0.1) is 13.8 Å². The van der Waals surface area contributed by atoms with Crippen LogP contribution in [0.4, 0.5) is 0 Å². The molecule has 1 aromatic carbocycles. The highest BCUT2D eigenvalue weighted by molar-refractivity contribution is 7.89. The number of nitrogens with zero attached hydrogens (tertiary/aromatic N) is 3. The van der Waals surface area contributed by atoms with E-state index in [0.29, 0.717) is 34.7 Å². The van der Waals surface area contributed by atoms with Crippen LogP contribution in [0.3, 0.4) is 0 Å². The maximum Gasteiger partial charge on any atom is 0.264 e. The number of benzene rings is 1. The van der Waals surface area contributed by atoms with Gasteiger partial charge in [0.25, 0.3) is 5.89 Å². The molecule has 0 unspecified atom stereocenters. The molecule has 1 fully saturated rings. The summed E-state index contributed by atoms with van der Waals surface area (Å²) in [5, 5.41) is 8.37. The molecular formula is C20H24N4O3S. The monoisotopic (exact) mass is 400 g/mol. The van der Waals surface area contributed by atoms with Crippen LogP contribution in [-0.4, -0.2) is 23.2 Å². The molecule has 0 amide bonds. The predicted molar refractivity (Wildman–Crippen MR) is 105 cm³/mol. The molecule has 0 spiro atoms. The Balaban J connectivity index is 1.66. The van der Waals surface area contributed by atoms with Gasteiger partial charge >= 0.3 is 0 Å². The van der Waals surface area contributed by atoms with E-state index in [-0.39, 0.29) is 11.4 Å². The Kier molecular flexibility index (Phi) is 4.84. The van der Waals surface area contributed by atoms with E-state index in [9.17, 15) is 8.42 Å². The van der Waals surface area contributed by atoms with Crippen LogP contribution in [0.1, 0.15) is 47.9 Å². The molecule has 148 valence electrons. The van der Waals surface area contributed by atoms with Crippen molar-refractivity contribution in [1.82, 2.24) is 19.5 Å². The Morgan fingerprint density at radius 1 is 1.18 bits per heavy atom. The van der Waals surface area contributed by atoms with Gasteiger partial charge in [0, 0.05) is 30.8 Å². The number of hydrogen-bond acceptors (Lipinski definition) is 5. The molecule has 1 saturated carbocycles. The van der Waals surface area contributed by atoms with Gasteiger partial charge in [0.1, 0.15) is 10.6 Å². The van der Waals surface area contributed by atoms with Gasteiger partial charge in [0.2, 0.25) is 15.9 Å². The van der Waals surface area contributed by atoms with Crippen molar-refractivity contribution < 1.29 is 12.8 Å². The first-order valence-electron chi connectivity index (χ1n) is 9.41. The minimum Gasteiger partial charge on any atom is -0.419 e. The molecule has 0 bridgehead atoms. The van der Waals surface area contributed by atoms with Gasteiger partial charge in [-0.15, -0.1) is 10.2 Å². The van der Waals surface area contributed by atoms with Crippen molar-refractivity contribution in [1.29, 1.82) is 0 Å². The highest BCUT2D eigenvalue weighted by Gasteiger charge is 2.30. The summed E-state index contributed by atoms with van der Waals surface area (Å²) in [6, 6.07) is 9.45. The largest absolute Gasteiger partial charge is 0.419 e. The van der Waals surface area contributed by atoms with Gasteiger partial charge in [0.15, 0.2) is 0 Å². The second-order valence-electron chi connectivity index (χ2n) is 7.33. The molecule has 0 saturated heterocycles. The molecule has 1 N–H and O–H groups in total. The van der Waals surface area contributed by atoms with Crippen LogP contribution in [0.5, 0.6) is 0 Å². The van der Waals surface area contributed by atoms with Gasteiger partial charge in [-0.1, -0.05) is 36.8 Å². The van der Waals surface area contributed by atoms with Gasteiger partial charge in [-0.05, 0) is 32.3 Å². The molecule has 28 heavy (non-hydrogen) atoms. The van der Waals surface area contributed by atoms with Crippen molar-refractivity contribution in [3.05, 3.63) is 53.0 Å². The third-order valence-electron chi connectivity index (χ3n) is 5.54. The molecule has 2 heterocycles. The van der Waals surface area contributed by atoms with E-state index < -0.39 is 10.0 Å². The van der Waals surface area contributed by atoms with Crippen molar-refractivity contribution >= 4 is 10.0 Å². The minimum atomic E-state index is -3.69. The summed E-state index contributed by atoms with van der Waals surface area (Å²) in [5.74, 6) is 1.35. The van der Waals surface area contributed by atoms with Crippen LogP contribution >= 0.6 is 0 Å². The lowest BCUT2D eigenvalue weighted by atomic mass is 9.85. The van der Waals surface area contributed by atoms with E-state index in [4.69, 9.17) is 4.42 Å². The Bertz CT molecular complexity index is 1100. The molecule has 0 radical (unpaired) electrons. The smallest absolute Gasteiger partial charge is 0.264 e. The molecule has 0 aliphatic heterocycles. The predicted octanol–water partition coefficient (Wildman–Crippen LogP) is 3.44. The molecule has 4 rings (SSSR count). The summed E-state index contributed by atoms with van der Waals surface area (Å²) in [6.07, 6.45) is 3.31. The second-order valence-corrected chi connectivity index (χ2v) is 9.03. The van der Waals surface area contributed by atoms with E-state index in [1.54, 1.807) is 13.8 Å². The van der Waals surface area contributed by atoms with Crippen molar-refractivity contribution in [2.24, 2.45) is 7.05 Å². The van der Waals surface area contributed by atoms with E-state index in [0.717, 1.165) is 18.4 Å². The van der Waals surface area contributed by atoms with Gasteiger partial charge in [-0.3, -0.25) is 0 Å². The molecule has 8 heteroatoms. The highest BCUT2D eigenvalue weighted by atomic mass is 32.2. The zero-order valence-corrected chi connectivity index (χ0v) is 17.1. The van der Waals surface area contributed by atoms with Gasteiger partial charge in [0.05, 0.1) is 0 Å². The first-order chi connectivity index (χ1) is 13.4. The summed E-state index contributed by atoms with van der Waals surface area (Å²) in [6.45, 7) is 3.81. The van der Waals surface area contributed by atoms with E-state index in [2.05, 4.69) is 14.9 Å². The van der Waals surface area contributed by atoms with Crippen molar-refractivity contribution in [3.63, 3.8) is 0 Å². The quantitative estimate of drug-likeness (QED) is 0.684. The summed E-state index contributed by atoms with van der Waals surface area (Å²) in [4.78, 5) is 0.268. The fourth-order valence-corrected chi connectivity index (χ4v) is 5.17. The molecule has 0 atom stereocenters. The lowest BCUT2D eigenvalue weighted by molar-refractivity contribution is 0.337. The number of hydrogen-bond donors (Lipinski definition) is 1. The Labute approximate surface area is 164 Å². The summed E-state index contributed by atoms with van der Waals surface area (Å²) < 4.78 is 36.4. The molecule has 7 nitrogen and oxygen atoms in total. The average molecular weight is 401 g/mol. The third-order valence-corrected chi connectivity index (χ3v) is 7.20. The van der Waals surface area contributed by atoms with Crippen LogP contribution in [0.2, 0.25) is 0 Å². The summed E-state index contributed by atoms with van der Waals surface area (Å²) >= 11 is 0. The zero-order chi connectivity index (χ0) is 19.9. The SMILES string of the molecule is Cc1c(S(=O)(=O)NCc2ccccc2)c(C)n(C)c1-c1nnc(C2CCC2)o1. The van der Waals surface area contributed by atoms with Crippen LogP contribution in [0.25, 0.3) is 11.6 Å². The molecule has 1 aliphatic rings. The molecule has 3 aromatic rings. The average Bonchev–Trinajstić information content (AvgIpc) is 3.16. The van der Waals surface area contributed by atoms with E-state index in [1.807, 2.05) is 41.9 Å².